The maximum atomic E-state index is 11.8. The molecule has 18 heavy (non-hydrogen) atoms. The Kier molecular flexibility index (Phi) is 6.77. The van der Waals surface area contributed by atoms with E-state index in [2.05, 4.69) is 30.8 Å². The fourth-order valence-corrected chi connectivity index (χ4v) is 1.70. The van der Waals surface area contributed by atoms with Crippen molar-refractivity contribution in [3.8, 4) is 0 Å². The first-order valence-corrected chi connectivity index (χ1v) is 6.40. The van der Waals surface area contributed by atoms with Crippen molar-refractivity contribution in [1.82, 2.24) is 0 Å². The molecule has 0 bridgehead atoms. The predicted octanol–water partition coefficient (Wildman–Crippen LogP) is 3.94. The number of carbonyl (C=O) groups excluding carboxylic acids is 1. The minimum atomic E-state index is -0.471. The molecule has 0 spiro atoms. The molecule has 0 N–H and O–H groups in total. The molecule has 2 atom stereocenters. The molecule has 0 rings (SSSR count). The van der Waals surface area contributed by atoms with E-state index in [9.17, 15) is 4.79 Å². The lowest BCUT2D eigenvalue weighted by Gasteiger charge is -2.27. The smallest absolute Gasteiger partial charge is 0.306 e. The summed E-state index contributed by atoms with van der Waals surface area (Å²) in [5, 5.41) is 3.60. The fraction of sp³-hybridized carbons (Fsp3) is 0.923. The largest absolute Gasteiger partial charge is 0.460 e. The Morgan fingerprint density at radius 1 is 1.33 bits per heavy atom. The summed E-state index contributed by atoms with van der Waals surface area (Å²) >= 11 is 0. The van der Waals surface area contributed by atoms with E-state index in [4.69, 9.17) is 10.3 Å². The topological polar surface area (TPSA) is 75.1 Å². The van der Waals surface area contributed by atoms with Crippen LogP contribution in [0.3, 0.4) is 0 Å². The zero-order chi connectivity index (χ0) is 14.3. The second-order valence-electron chi connectivity index (χ2n) is 6.07. The van der Waals surface area contributed by atoms with Gasteiger partial charge in [-0.3, -0.25) is 4.79 Å². The SMILES string of the molecule is CC(C)[C@H](C)[C@H](CN=[N+]=[N-])CC(=O)OC(C)(C)C. The number of azide groups is 1. The van der Waals surface area contributed by atoms with Gasteiger partial charge in [0.05, 0.1) is 0 Å². The third-order valence-electron chi connectivity index (χ3n) is 3.02. The first kappa shape index (κ1) is 16.8. The van der Waals surface area contributed by atoms with Crippen molar-refractivity contribution in [3.05, 3.63) is 10.4 Å². The summed E-state index contributed by atoms with van der Waals surface area (Å²) in [6, 6.07) is 0. The van der Waals surface area contributed by atoms with Gasteiger partial charge in [-0.2, -0.15) is 0 Å². The molecule has 0 aliphatic carbocycles. The average Bonchev–Trinajstić information content (AvgIpc) is 2.20. The van der Waals surface area contributed by atoms with Gasteiger partial charge in [0, 0.05) is 17.9 Å². The molecule has 0 aliphatic heterocycles. The van der Waals surface area contributed by atoms with E-state index in [1.165, 1.54) is 0 Å². The normalized spacial score (nSPS) is 14.8. The lowest BCUT2D eigenvalue weighted by molar-refractivity contribution is -0.156. The molecular formula is C13H25N3O2. The van der Waals surface area contributed by atoms with Crippen LogP contribution in [0.4, 0.5) is 0 Å². The van der Waals surface area contributed by atoms with Crippen molar-refractivity contribution in [2.24, 2.45) is 22.9 Å². The van der Waals surface area contributed by atoms with Crippen molar-refractivity contribution in [2.75, 3.05) is 6.54 Å². The zero-order valence-corrected chi connectivity index (χ0v) is 12.3. The monoisotopic (exact) mass is 255 g/mol. The molecule has 5 heteroatoms. The second kappa shape index (κ2) is 7.27. The molecular weight excluding hydrogens is 230 g/mol. The Morgan fingerprint density at radius 3 is 2.28 bits per heavy atom. The first-order chi connectivity index (χ1) is 8.17. The molecule has 0 aromatic rings. The maximum absolute atomic E-state index is 11.8. The number of rotatable bonds is 6. The highest BCUT2D eigenvalue weighted by atomic mass is 16.6. The van der Waals surface area contributed by atoms with Crippen LogP contribution in [-0.4, -0.2) is 18.1 Å². The van der Waals surface area contributed by atoms with Crippen molar-refractivity contribution in [3.63, 3.8) is 0 Å². The van der Waals surface area contributed by atoms with E-state index < -0.39 is 5.60 Å². The van der Waals surface area contributed by atoms with Crippen LogP contribution in [0.25, 0.3) is 10.4 Å². The third-order valence-corrected chi connectivity index (χ3v) is 3.02. The molecule has 0 saturated heterocycles. The molecule has 0 fully saturated rings. The molecule has 0 radical (unpaired) electrons. The van der Waals surface area contributed by atoms with Gasteiger partial charge in [-0.1, -0.05) is 25.9 Å². The summed E-state index contributed by atoms with van der Waals surface area (Å²) in [5.41, 5.74) is 7.93. The highest BCUT2D eigenvalue weighted by molar-refractivity contribution is 5.70. The van der Waals surface area contributed by atoms with E-state index in [1.54, 1.807) is 0 Å². The quantitative estimate of drug-likeness (QED) is 0.312. The minimum absolute atomic E-state index is 0.0377. The summed E-state index contributed by atoms with van der Waals surface area (Å²) in [5.74, 6) is 0.554. The Labute approximate surface area is 110 Å². The molecule has 0 heterocycles. The molecule has 0 aromatic carbocycles. The van der Waals surface area contributed by atoms with Gasteiger partial charge < -0.3 is 4.74 Å². The number of hydrogen-bond acceptors (Lipinski definition) is 3. The molecule has 0 saturated carbocycles. The minimum Gasteiger partial charge on any atom is -0.460 e. The second-order valence-corrected chi connectivity index (χ2v) is 6.07. The predicted molar refractivity (Wildman–Crippen MR) is 72.0 cm³/mol. The summed E-state index contributed by atoms with van der Waals surface area (Å²) in [6.45, 7) is 12.2. The van der Waals surface area contributed by atoms with Gasteiger partial charge >= 0.3 is 5.97 Å². The Hall–Kier alpha value is -1.22. The lowest BCUT2D eigenvalue weighted by atomic mass is 9.83. The number of carbonyl (C=O) groups is 1. The summed E-state index contributed by atoms with van der Waals surface area (Å²) in [7, 11) is 0. The first-order valence-electron chi connectivity index (χ1n) is 6.40. The zero-order valence-electron chi connectivity index (χ0n) is 12.3. The van der Waals surface area contributed by atoms with Crippen LogP contribution < -0.4 is 0 Å². The maximum Gasteiger partial charge on any atom is 0.306 e. The van der Waals surface area contributed by atoms with E-state index in [0.717, 1.165) is 0 Å². The standard InChI is InChI=1S/C13H25N3O2/c1-9(2)10(3)11(8-15-16-14)7-12(17)18-13(4,5)6/h9-11H,7-8H2,1-6H3/t10-,11-/m0/s1. The Morgan fingerprint density at radius 2 is 1.89 bits per heavy atom. The fourth-order valence-electron chi connectivity index (χ4n) is 1.70. The Bertz CT molecular complexity index is 315. The number of nitrogens with zero attached hydrogens (tertiary/aromatic N) is 3. The van der Waals surface area contributed by atoms with Crippen molar-refractivity contribution >= 4 is 5.97 Å². The van der Waals surface area contributed by atoms with Gasteiger partial charge in [0.25, 0.3) is 0 Å². The van der Waals surface area contributed by atoms with Gasteiger partial charge in [-0.25, -0.2) is 0 Å². The van der Waals surface area contributed by atoms with Crippen LogP contribution in [0.15, 0.2) is 5.11 Å². The average molecular weight is 255 g/mol. The van der Waals surface area contributed by atoms with E-state index >= 15 is 0 Å². The molecule has 0 aliphatic rings. The summed E-state index contributed by atoms with van der Waals surface area (Å²) in [6.07, 6.45) is 0.301. The molecule has 0 amide bonds. The summed E-state index contributed by atoms with van der Waals surface area (Å²) < 4.78 is 5.30. The summed E-state index contributed by atoms with van der Waals surface area (Å²) in [4.78, 5) is 14.6. The van der Waals surface area contributed by atoms with E-state index in [-0.39, 0.29) is 11.9 Å². The van der Waals surface area contributed by atoms with Gasteiger partial charge in [-0.15, -0.1) is 0 Å². The molecule has 0 aromatic heterocycles. The highest BCUT2D eigenvalue weighted by Gasteiger charge is 2.25. The molecule has 0 unspecified atom stereocenters. The number of esters is 1. The van der Waals surface area contributed by atoms with Crippen molar-refractivity contribution in [2.45, 2.75) is 53.6 Å². The third kappa shape index (κ3) is 7.17. The van der Waals surface area contributed by atoms with E-state index in [0.29, 0.717) is 24.8 Å². The van der Waals surface area contributed by atoms with Gasteiger partial charge in [0.15, 0.2) is 0 Å². The molecule has 104 valence electrons. The van der Waals surface area contributed by atoms with Gasteiger partial charge in [0.1, 0.15) is 5.60 Å². The van der Waals surface area contributed by atoms with E-state index in [1.807, 2.05) is 20.8 Å². The number of ether oxygens (including phenoxy) is 1. The Balaban J connectivity index is 4.58. The number of hydrogen-bond donors (Lipinski definition) is 0. The van der Waals surface area contributed by atoms with Crippen LogP contribution in [0.2, 0.25) is 0 Å². The van der Waals surface area contributed by atoms with Crippen molar-refractivity contribution in [1.29, 1.82) is 0 Å². The van der Waals surface area contributed by atoms with Crippen LogP contribution in [0.1, 0.15) is 48.0 Å². The van der Waals surface area contributed by atoms with Gasteiger partial charge in [0.2, 0.25) is 0 Å². The van der Waals surface area contributed by atoms with Crippen molar-refractivity contribution < 1.29 is 9.53 Å². The van der Waals surface area contributed by atoms with Crippen LogP contribution in [0.5, 0.6) is 0 Å². The van der Waals surface area contributed by atoms with Crippen LogP contribution in [-0.2, 0) is 9.53 Å². The van der Waals surface area contributed by atoms with Crippen LogP contribution >= 0.6 is 0 Å². The van der Waals surface area contributed by atoms with Crippen LogP contribution in [0, 0.1) is 17.8 Å². The highest BCUT2D eigenvalue weighted by Crippen LogP contribution is 2.25. The van der Waals surface area contributed by atoms with Gasteiger partial charge in [-0.05, 0) is 44.1 Å². The molecule has 5 nitrogen and oxygen atoms in total. The lowest BCUT2D eigenvalue weighted by Crippen LogP contribution is -2.28.